The summed E-state index contributed by atoms with van der Waals surface area (Å²) in [6.45, 7) is 1.80. The Balaban J connectivity index is 2.50. The molecule has 2 rings (SSSR count). The van der Waals surface area contributed by atoms with Crippen LogP contribution in [-0.4, -0.2) is 26.8 Å². The summed E-state index contributed by atoms with van der Waals surface area (Å²) in [5.74, 6) is -1.36. The summed E-state index contributed by atoms with van der Waals surface area (Å²) in [6, 6.07) is 3.01. The lowest BCUT2D eigenvalue weighted by molar-refractivity contribution is 0.0685. The first-order valence-electron chi connectivity index (χ1n) is 5.31. The smallest absolute Gasteiger partial charge is 0.355 e. The third-order valence-corrected chi connectivity index (χ3v) is 2.35. The predicted octanol–water partition coefficient (Wildman–Crippen LogP) is 1.56. The van der Waals surface area contributed by atoms with Gasteiger partial charge in [0, 0.05) is 12.6 Å². The van der Waals surface area contributed by atoms with Gasteiger partial charge in [-0.2, -0.15) is 0 Å². The molecule has 0 aromatic carbocycles. The molecule has 92 valence electrons. The number of carbonyl (C=O) groups excluding carboxylic acids is 1. The first-order valence-corrected chi connectivity index (χ1v) is 5.31. The van der Waals surface area contributed by atoms with Crippen LogP contribution in [-0.2, 0) is 6.42 Å². The van der Waals surface area contributed by atoms with Crippen LogP contribution in [0.15, 0.2) is 29.0 Å². The first-order chi connectivity index (χ1) is 8.63. The Morgan fingerprint density at radius 3 is 2.78 bits per heavy atom. The van der Waals surface area contributed by atoms with Crippen molar-refractivity contribution in [1.82, 2.24) is 9.97 Å². The average Bonchev–Trinajstić information content (AvgIpc) is 2.91. The van der Waals surface area contributed by atoms with Gasteiger partial charge in [0.15, 0.2) is 11.5 Å². The monoisotopic (exact) mass is 246 g/mol. The molecule has 0 saturated heterocycles. The molecule has 2 aromatic heterocycles. The zero-order valence-electron chi connectivity index (χ0n) is 9.58. The van der Waals surface area contributed by atoms with E-state index in [4.69, 9.17) is 9.52 Å². The van der Waals surface area contributed by atoms with Crippen molar-refractivity contribution in [2.45, 2.75) is 13.3 Å². The molecule has 1 N–H and O–H groups in total. The highest BCUT2D eigenvalue weighted by Crippen LogP contribution is 2.13. The second-order valence-corrected chi connectivity index (χ2v) is 3.51. The van der Waals surface area contributed by atoms with E-state index in [1.165, 1.54) is 18.5 Å². The van der Waals surface area contributed by atoms with Crippen molar-refractivity contribution < 1.29 is 19.1 Å². The van der Waals surface area contributed by atoms with Gasteiger partial charge in [-0.3, -0.25) is 4.79 Å². The van der Waals surface area contributed by atoms with Crippen molar-refractivity contribution in [3.63, 3.8) is 0 Å². The second-order valence-electron chi connectivity index (χ2n) is 3.51. The van der Waals surface area contributed by atoms with Crippen LogP contribution in [0.4, 0.5) is 0 Å². The van der Waals surface area contributed by atoms with Crippen LogP contribution in [0.3, 0.4) is 0 Å². The molecule has 0 fully saturated rings. The van der Waals surface area contributed by atoms with Crippen LogP contribution in [0, 0.1) is 0 Å². The summed E-state index contributed by atoms with van der Waals surface area (Å²) in [5, 5.41) is 9.06. The fraction of sp³-hybridized carbons (Fsp3) is 0.167. The van der Waals surface area contributed by atoms with Gasteiger partial charge in [0.25, 0.3) is 0 Å². The van der Waals surface area contributed by atoms with Crippen molar-refractivity contribution in [2.75, 3.05) is 0 Å². The maximum atomic E-state index is 12.0. The molecular formula is C12H10N2O4. The minimum absolute atomic E-state index is 0.0605. The van der Waals surface area contributed by atoms with E-state index in [1.54, 1.807) is 13.0 Å². The van der Waals surface area contributed by atoms with E-state index in [0.717, 1.165) is 0 Å². The Labute approximate surface area is 102 Å². The maximum Gasteiger partial charge on any atom is 0.355 e. The number of hydrogen-bond donors (Lipinski definition) is 1. The lowest BCUT2D eigenvalue weighted by Crippen LogP contribution is -2.14. The Bertz CT molecular complexity index is 590. The molecule has 0 saturated carbocycles. The number of rotatable bonds is 4. The summed E-state index contributed by atoms with van der Waals surface area (Å²) in [4.78, 5) is 30.9. The number of carbonyl (C=O) groups is 2. The standard InChI is InChI=1S/C12H10N2O4/c1-2-9-13-6-7(10(14-9)12(16)17)11(15)8-4-3-5-18-8/h3-6H,2H2,1H3,(H,16,17). The highest BCUT2D eigenvalue weighted by Gasteiger charge is 2.22. The van der Waals surface area contributed by atoms with Gasteiger partial charge >= 0.3 is 5.97 Å². The predicted molar refractivity (Wildman–Crippen MR) is 60.5 cm³/mol. The van der Waals surface area contributed by atoms with Gasteiger partial charge in [0.05, 0.1) is 11.8 Å². The van der Waals surface area contributed by atoms with E-state index in [1.807, 2.05) is 0 Å². The number of aryl methyl sites for hydroxylation is 1. The van der Waals surface area contributed by atoms with Crippen LogP contribution in [0.1, 0.15) is 39.4 Å². The Kier molecular flexibility index (Phi) is 3.18. The molecule has 2 aromatic rings. The Hall–Kier alpha value is -2.50. The van der Waals surface area contributed by atoms with Gasteiger partial charge < -0.3 is 9.52 Å². The van der Waals surface area contributed by atoms with Crippen LogP contribution < -0.4 is 0 Å². The van der Waals surface area contributed by atoms with Gasteiger partial charge in [-0.1, -0.05) is 6.92 Å². The Morgan fingerprint density at radius 1 is 1.44 bits per heavy atom. The molecule has 0 aliphatic rings. The molecule has 2 heterocycles. The minimum Gasteiger partial charge on any atom is -0.476 e. The van der Waals surface area contributed by atoms with Crippen LogP contribution >= 0.6 is 0 Å². The molecule has 6 heteroatoms. The molecule has 0 bridgehead atoms. The Morgan fingerprint density at radius 2 is 2.22 bits per heavy atom. The zero-order valence-corrected chi connectivity index (χ0v) is 9.58. The van der Waals surface area contributed by atoms with Gasteiger partial charge in [-0.05, 0) is 12.1 Å². The van der Waals surface area contributed by atoms with Crippen molar-refractivity contribution in [3.05, 3.63) is 47.4 Å². The lowest BCUT2D eigenvalue weighted by Gasteiger charge is -2.03. The molecular weight excluding hydrogens is 236 g/mol. The van der Waals surface area contributed by atoms with Crippen molar-refractivity contribution in [3.8, 4) is 0 Å². The third kappa shape index (κ3) is 2.13. The summed E-state index contributed by atoms with van der Waals surface area (Å²) in [6.07, 6.45) is 3.06. The van der Waals surface area contributed by atoms with E-state index in [-0.39, 0.29) is 17.0 Å². The molecule has 6 nitrogen and oxygen atoms in total. The summed E-state index contributed by atoms with van der Waals surface area (Å²) >= 11 is 0. The van der Waals surface area contributed by atoms with Crippen LogP contribution in [0.2, 0.25) is 0 Å². The number of hydrogen-bond acceptors (Lipinski definition) is 5. The van der Waals surface area contributed by atoms with Crippen LogP contribution in [0.25, 0.3) is 0 Å². The molecule has 0 aliphatic heterocycles. The number of nitrogens with zero attached hydrogens (tertiary/aromatic N) is 2. The number of ketones is 1. The third-order valence-electron chi connectivity index (χ3n) is 2.35. The molecule has 18 heavy (non-hydrogen) atoms. The average molecular weight is 246 g/mol. The number of carboxylic acids is 1. The van der Waals surface area contributed by atoms with Gasteiger partial charge in [0.1, 0.15) is 5.82 Å². The van der Waals surface area contributed by atoms with Gasteiger partial charge in [0.2, 0.25) is 5.78 Å². The first kappa shape index (κ1) is 12.0. The highest BCUT2D eigenvalue weighted by molar-refractivity contribution is 6.11. The molecule has 0 amide bonds. The van der Waals surface area contributed by atoms with Crippen LogP contribution in [0.5, 0.6) is 0 Å². The summed E-state index contributed by atoms with van der Waals surface area (Å²) in [7, 11) is 0. The number of furan rings is 1. The fourth-order valence-electron chi connectivity index (χ4n) is 1.46. The van der Waals surface area contributed by atoms with E-state index < -0.39 is 11.8 Å². The number of aromatic nitrogens is 2. The van der Waals surface area contributed by atoms with Crippen molar-refractivity contribution in [1.29, 1.82) is 0 Å². The second kappa shape index (κ2) is 4.79. The number of aromatic carboxylic acids is 1. The minimum atomic E-state index is -1.26. The molecule has 0 radical (unpaired) electrons. The topological polar surface area (TPSA) is 93.3 Å². The SMILES string of the molecule is CCc1ncc(C(=O)c2ccco2)c(C(=O)O)n1. The zero-order chi connectivity index (χ0) is 13.1. The molecule has 0 aliphatic carbocycles. The normalized spacial score (nSPS) is 10.3. The summed E-state index contributed by atoms with van der Waals surface area (Å²) < 4.78 is 4.94. The number of carboxylic acid groups (broad SMARTS) is 1. The van der Waals surface area contributed by atoms with E-state index in [9.17, 15) is 9.59 Å². The largest absolute Gasteiger partial charge is 0.476 e. The maximum absolute atomic E-state index is 12.0. The molecule has 0 atom stereocenters. The fourth-order valence-corrected chi connectivity index (χ4v) is 1.46. The van der Waals surface area contributed by atoms with Crippen molar-refractivity contribution in [2.24, 2.45) is 0 Å². The highest BCUT2D eigenvalue weighted by atomic mass is 16.4. The quantitative estimate of drug-likeness (QED) is 0.823. The van der Waals surface area contributed by atoms with E-state index >= 15 is 0 Å². The van der Waals surface area contributed by atoms with Gasteiger partial charge in [-0.25, -0.2) is 14.8 Å². The van der Waals surface area contributed by atoms with Crippen molar-refractivity contribution >= 4 is 11.8 Å². The lowest BCUT2D eigenvalue weighted by atomic mass is 10.1. The molecule has 0 spiro atoms. The summed E-state index contributed by atoms with van der Waals surface area (Å²) in [5.41, 5.74) is -0.377. The van der Waals surface area contributed by atoms with E-state index in [2.05, 4.69) is 9.97 Å². The van der Waals surface area contributed by atoms with E-state index in [0.29, 0.717) is 12.2 Å². The molecule has 0 unspecified atom stereocenters. The van der Waals surface area contributed by atoms with Gasteiger partial charge in [-0.15, -0.1) is 0 Å².